The van der Waals surface area contributed by atoms with Crippen LogP contribution >= 0.6 is 35.3 Å². The Hall–Kier alpha value is -1.55. The average molecular weight is 431 g/mol. The number of hydrogen-bond acceptors (Lipinski definition) is 4. The van der Waals surface area contributed by atoms with Gasteiger partial charge in [-0.25, -0.2) is 9.98 Å². The van der Waals surface area contributed by atoms with Gasteiger partial charge in [-0.1, -0.05) is 0 Å². The number of thiazole rings is 1. The van der Waals surface area contributed by atoms with Crippen LogP contribution in [0.25, 0.3) is 4.96 Å². The van der Waals surface area contributed by atoms with Crippen LogP contribution in [0.15, 0.2) is 45.8 Å². The number of halogens is 1. The second-order valence-corrected chi connectivity index (χ2v) is 5.38. The zero-order valence-corrected chi connectivity index (χ0v) is 15.3. The number of guanidine groups is 1. The molecule has 3 rings (SSSR count). The number of fused-ring (bicyclic) bond motifs is 1. The maximum atomic E-state index is 5.04. The van der Waals surface area contributed by atoms with E-state index >= 15 is 0 Å². The number of hydrogen-bond donors (Lipinski definition) is 2. The first-order valence-electron chi connectivity index (χ1n) is 6.79. The van der Waals surface area contributed by atoms with E-state index in [0.717, 1.165) is 28.7 Å². The van der Waals surface area contributed by atoms with E-state index < -0.39 is 0 Å². The molecule has 0 bridgehead atoms. The van der Waals surface area contributed by atoms with E-state index in [1.165, 1.54) is 0 Å². The molecule has 0 aliphatic heterocycles. The van der Waals surface area contributed by atoms with E-state index in [0.29, 0.717) is 13.1 Å². The largest absolute Gasteiger partial charge is 0.472 e. The van der Waals surface area contributed by atoms with Gasteiger partial charge in [0.15, 0.2) is 10.9 Å². The molecule has 6 nitrogen and oxygen atoms in total. The molecule has 0 aromatic carbocycles. The van der Waals surface area contributed by atoms with Crippen LogP contribution in [0.3, 0.4) is 0 Å². The van der Waals surface area contributed by atoms with Crippen molar-refractivity contribution in [2.45, 2.75) is 20.0 Å². The molecule has 0 spiro atoms. The number of imidazole rings is 1. The monoisotopic (exact) mass is 431 g/mol. The summed E-state index contributed by atoms with van der Waals surface area (Å²) in [6.07, 6.45) is 7.40. The molecule has 22 heavy (non-hydrogen) atoms. The predicted octanol–water partition coefficient (Wildman–Crippen LogP) is 2.86. The Morgan fingerprint density at radius 2 is 2.36 bits per heavy atom. The topological polar surface area (TPSA) is 66.9 Å². The molecule has 3 heterocycles. The van der Waals surface area contributed by atoms with Gasteiger partial charge in [0.25, 0.3) is 0 Å². The second kappa shape index (κ2) is 8.18. The second-order valence-electron chi connectivity index (χ2n) is 4.51. The van der Waals surface area contributed by atoms with Gasteiger partial charge in [-0.3, -0.25) is 4.40 Å². The molecule has 118 valence electrons. The van der Waals surface area contributed by atoms with E-state index in [4.69, 9.17) is 4.42 Å². The zero-order chi connectivity index (χ0) is 14.5. The fourth-order valence-corrected chi connectivity index (χ4v) is 2.65. The van der Waals surface area contributed by atoms with Crippen LogP contribution < -0.4 is 10.6 Å². The zero-order valence-electron chi connectivity index (χ0n) is 12.2. The van der Waals surface area contributed by atoms with E-state index in [2.05, 4.69) is 20.6 Å². The summed E-state index contributed by atoms with van der Waals surface area (Å²) in [5.74, 6) is 0.773. The maximum Gasteiger partial charge on any atom is 0.193 e. The van der Waals surface area contributed by atoms with Crippen molar-refractivity contribution in [2.24, 2.45) is 4.99 Å². The van der Waals surface area contributed by atoms with Crippen molar-refractivity contribution in [2.75, 3.05) is 6.54 Å². The molecule has 0 fully saturated rings. The summed E-state index contributed by atoms with van der Waals surface area (Å²) in [6.45, 7) is 4.09. The molecule has 0 aliphatic rings. The smallest absolute Gasteiger partial charge is 0.193 e. The summed E-state index contributed by atoms with van der Waals surface area (Å²) < 4.78 is 7.06. The predicted molar refractivity (Wildman–Crippen MR) is 98.8 cm³/mol. The first-order valence-corrected chi connectivity index (χ1v) is 7.67. The number of aliphatic imine (C=N–C) groups is 1. The van der Waals surface area contributed by atoms with Crippen LogP contribution in [0.5, 0.6) is 0 Å². The summed E-state index contributed by atoms with van der Waals surface area (Å²) in [7, 11) is 0. The number of furan rings is 1. The normalized spacial score (nSPS) is 11.4. The number of nitrogens with one attached hydrogen (secondary N) is 2. The van der Waals surface area contributed by atoms with Crippen molar-refractivity contribution in [3.05, 3.63) is 47.6 Å². The Labute approximate surface area is 149 Å². The Kier molecular flexibility index (Phi) is 6.25. The van der Waals surface area contributed by atoms with Gasteiger partial charge >= 0.3 is 0 Å². The first kappa shape index (κ1) is 16.8. The quantitative estimate of drug-likeness (QED) is 0.371. The fourth-order valence-electron chi connectivity index (χ4n) is 1.93. The minimum atomic E-state index is 0. The van der Waals surface area contributed by atoms with Crippen LogP contribution in [0.2, 0.25) is 0 Å². The average Bonchev–Trinajstić information content (AvgIpc) is 3.18. The van der Waals surface area contributed by atoms with Crippen LogP contribution in [-0.4, -0.2) is 21.9 Å². The Morgan fingerprint density at radius 3 is 3.09 bits per heavy atom. The highest BCUT2D eigenvalue weighted by atomic mass is 127. The lowest BCUT2D eigenvalue weighted by atomic mass is 10.3. The molecule has 0 amide bonds. The lowest BCUT2D eigenvalue weighted by molar-refractivity contribution is 0.564. The van der Waals surface area contributed by atoms with E-state index in [1.807, 2.05) is 35.2 Å². The van der Waals surface area contributed by atoms with Gasteiger partial charge in [0, 0.05) is 29.9 Å². The van der Waals surface area contributed by atoms with Crippen molar-refractivity contribution in [3.8, 4) is 0 Å². The summed E-state index contributed by atoms with van der Waals surface area (Å²) in [5.41, 5.74) is 2.05. The van der Waals surface area contributed by atoms with Crippen molar-refractivity contribution in [1.29, 1.82) is 0 Å². The van der Waals surface area contributed by atoms with Crippen molar-refractivity contribution in [3.63, 3.8) is 0 Å². The minimum Gasteiger partial charge on any atom is -0.472 e. The summed E-state index contributed by atoms with van der Waals surface area (Å²) in [4.78, 5) is 10.1. The molecule has 0 saturated heterocycles. The van der Waals surface area contributed by atoms with E-state index in [9.17, 15) is 0 Å². The Morgan fingerprint density at radius 1 is 1.45 bits per heavy atom. The van der Waals surface area contributed by atoms with Gasteiger partial charge in [0.1, 0.15) is 0 Å². The summed E-state index contributed by atoms with van der Waals surface area (Å²) in [5, 5.41) is 8.53. The number of nitrogens with zero attached hydrogens (tertiary/aromatic N) is 3. The molecule has 0 unspecified atom stereocenters. The minimum absolute atomic E-state index is 0. The van der Waals surface area contributed by atoms with Crippen molar-refractivity contribution >= 4 is 46.2 Å². The van der Waals surface area contributed by atoms with Crippen molar-refractivity contribution in [1.82, 2.24) is 20.0 Å². The molecule has 3 aromatic heterocycles. The molecular weight excluding hydrogens is 413 g/mol. The summed E-state index contributed by atoms with van der Waals surface area (Å²) in [6, 6.07) is 1.91. The molecule has 0 aliphatic carbocycles. The van der Waals surface area contributed by atoms with Gasteiger partial charge in [0.05, 0.1) is 31.3 Å². The van der Waals surface area contributed by atoms with Gasteiger partial charge in [-0.15, -0.1) is 35.3 Å². The van der Waals surface area contributed by atoms with Crippen LogP contribution in [0.1, 0.15) is 18.2 Å². The van der Waals surface area contributed by atoms with Gasteiger partial charge < -0.3 is 15.1 Å². The fraction of sp³-hybridized carbons (Fsp3) is 0.286. The third kappa shape index (κ3) is 4.23. The Bertz CT molecular complexity index is 690. The van der Waals surface area contributed by atoms with Crippen molar-refractivity contribution < 1.29 is 4.42 Å². The highest BCUT2D eigenvalue weighted by molar-refractivity contribution is 14.0. The lowest BCUT2D eigenvalue weighted by Gasteiger charge is -2.09. The number of rotatable bonds is 5. The summed E-state index contributed by atoms with van der Waals surface area (Å²) >= 11 is 1.63. The van der Waals surface area contributed by atoms with Crippen LogP contribution in [0, 0.1) is 0 Å². The van der Waals surface area contributed by atoms with Crippen LogP contribution in [0.4, 0.5) is 0 Å². The van der Waals surface area contributed by atoms with Gasteiger partial charge in [-0.05, 0) is 13.0 Å². The maximum absolute atomic E-state index is 5.04. The standard InChI is InChI=1S/C14H17N5OS.HI/c1-2-15-13(16-7-11-3-5-20-10-11)17-8-12-9-19-4-6-21-14(19)18-12;/h3-6,9-10H,2,7-8H2,1H3,(H2,15,16,17);1H. The molecular formula is C14H18IN5OS. The molecule has 0 saturated carbocycles. The van der Waals surface area contributed by atoms with E-state index in [1.54, 1.807) is 23.9 Å². The third-order valence-electron chi connectivity index (χ3n) is 2.92. The number of aromatic nitrogens is 2. The molecule has 3 aromatic rings. The van der Waals surface area contributed by atoms with Crippen LogP contribution in [-0.2, 0) is 13.1 Å². The molecule has 0 radical (unpaired) electrons. The highest BCUT2D eigenvalue weighted by Gasteiger charge is 2.04. The SMILES string of the molecule is CCNC(=NCc1ccoc1)NCc1cn2ccsc2n1.I. The van der Waals surface area contributed by atoms with Gasteiger partial charge in [-0.2, -0.15) is 0 Å². The molecule has 2 N–H and O–H groups in total. The lowest BCUT2D eigenvalue weighted by Crippen LogP contribution is -2.36. The molecule has 0 atom stereocenters. The highest BCUT2D eigenvalue weighted by Crippen LogP contribution is 2.11. The Balaban J connectivity index is 0.00000176. The van der Waals surface area contributed by atoms with Gasteiger partial charge in [0.2, 0.25) is 0 Å². The molecule has 8 heteroatoms. The third-order valence-corrected chi connectivity index (χ3v) is 3.69. The van der Waals surface area contributed by atoms with E-state index in [-0.39, 0.29) is 24.0 Å². The first-order chi connectivity index (χ1) is 10.3.